The van der Waals surface area contributed by atoms with Gasteiger partial charge in [0.25, 0.3) is 0 Å². The van der Waals surface area contributed by atoms with E-state index in [1.807, 2.05) is 6.07 Å². The molecule has 0 saturated heterocycles. The maximum Gasteiger partial charge on any atom is 1.00 e. The van der Waals surface area contributed by atoms with Crippen LogP contribution < -0.4 is 39.4 Å². The third-order valence-corrected chi connectivity index (χ3v) is 1.65. The largest absolute Gasteiger partial charge is 1.00 e. The first-order valence-corrected chi connectivity index (χ1v) is 4.06. The zero-order valence-corrected chi connectivity index (χ0v) is 10.7. The second-order valence-electron chi connectivity index (χ2n) is 2.12. The maximum absolute atomic E-state index is 10.0. The predicted octanol–water partition coefficient (Wildman–Crippen LogP) is -2.42. The van der Waals surface area contributed by atoms with E-state index in [2.05, 4.69) is 15.9 Å². The van der Waals surface area contributed by atoms with Gasteiger partial charge in [0, 0.05) is 4.47 Å². The molecule has 64 valence electrons. The zero-order chi connectivity index (χ0) is 8.97. The molecular weight excluding hydrogens is 247 g/mol. The topological polar surface area (TPSA) is 49.4 Å². The number of carbonyl (C=O) groups excluding carboxylic acids is 1. The van der Waals surface area contributed by atoms with E-state index in [1.165, 1.54) is 0 Å². The van der Waals surface area contributed by atoms with Gasteiger partial charge in [-0.15, -0.1) is 0 Å². The Morgan fingerprint density at radius 3 is 2.77 bits per heavy atom. The van der Waals surface area contributed by atoms with Crippen molar-refractivity contribution in [3.05, 3.63) is 28.7 Å². The van der Waals surface area contributed by atoms with Gasteiger partial charge in [0.05, 0.1) is 5.97 Å². The Kier molecular flexibility index (Phi) is 6.41. The summed E-state index contributed by atoms with van der Waals surface area (Å²) in [4.78, 5) is 10.0. The monoisotopic (exact) mass is 252 g/mol. The number of halogens is 1. The number of carbonyl (C=O) groups is 1. The van der Waals surface area contributed by atoms with Crippen LogP contribution in [-0.2, 0) is 4.79 Å². The van der Waals surface area contributed by atoms with Crippen LogP contribution in [0.25, 0.3) is 0 Å². The van der Waals surface area contributed by atoms with Gasteiger partial charge in [0.15, 0.2) is 0 Å². The van der Waals surface area contributed by atoms with Crippen LogP contribution in [0.2, 0.25) is 0 Å². The van der Waals surface area contributed by atoms with E-state index in [1.54, 1.807) is 18.2 Å². The van der Waals surface area contributed by atoms with Crippen molar-refractivity contribution in [2.45, 2.75) is 0 Å². The number of hydrogen-bond acceptors (Lipinski definition) is 3. The van der Waals surface area contributed by atoms with Gasteiger partial charge in [-0.3, -0.25) is 0 Å². The van der Waals surface area contributed by atoms with Crippen molar-refractivity contribution in [2.24, 2.45) is 0 Å². The molecular formula is C8H6BrNaO3. The number of carboxylic acid groups (broad SMARTS) is 1. The van der Waals surface area contributed by atoms with Gasteiger partial charge in [0.2, 0.25) is 0 Å². The predicted molar refractivity (Wildman–Crippen MR) is 44.6 cm³/mol. The van der Waals surface area contributed by atoms with Crippen LogP contribution in [0, 0.1) is 0 Å². The van der Waals surface area contributed by atoms with Crippen LogP contribution >= 0.6 is 15.9 Å². The molecule has 1 aromatic carbocycles. The summed E-state index contributed by atoms with van der Waals surface area (Å²) in [5.74, 6) is -0.719. The Bertz CT molecular complexity index is 290. The molecule has 0 aliphatic heterocycles. The zero-order valence-electron chi connectivity index (χ0n) is 7.12. The summed E-state index contributed by atoms with van der Waals surface area (Å²) in [5.41, 5.74) is 0. The quantitative estimate of drug-likeness (QED) is 0.563. The number of ether oxygens (including phenoxy) is 1. The normalized spacial score (nSPS) is 8.69. The summed E-state index contributed by atoms with van der Waals surface area (Å²) in [5, 5.41) is 10.0. The minimum absolute atomic E-state index is 0. The van der Waals surface area contributed by atoms with Crippen molar-refractivity contribution in [1.82, 2.24) is 0 Å². The fourth-order valence-corrected chi connectivity index (χ4v) is 1.08. The summed E-state index contributed by atoms with van der Waals surface area (Å²) in [6, 6.07) is 6.94. The van der Waals surface area contributed by atoms with Gasteiger partial charge in [-0.1, -0.05) is 22.0 Å². The molecule has 1 rings (SSSR count). The minimum atomic E-state index is -1.23. The molecule has 0 amide bonds. The summed E-state index contributed by atoms with van der Waals surface area (Å²) < 4.78 is 5.70. The van der Waals surface area contributed by atoms with Crippen molar-refractivity contribution in [1.29, 1.82) is 0 Å². The molecule has 0 saturated carbocycles. The van der Waals surface area contributed by atoms with Crippen LogP contribution in [0.5, 0.6) is 5.75 Å². The van der Waals surface area contributed by atoms with Crippen LogP contribution in [0.15, 0.2) is 28.7 Å². The van der Waals surface area contributed by atoms with Crippen molar-refractivity contribution >= 4 is 21.9 Å². The van der Waals surface area contributed by atoms with E-state index in [0.717, 1.165) is 4.47 Å². The van der Waals surface area contributed by atoms with Crippen molar-refractivity contribution in [3.63, 3.8) is 0 Å². The Balaban J connectivity index is 0.00000144. The maximum atomic E-state index is 10.0. The SMILES string of the molecule is O=C([O-])COc1cccc(Br)c1.[Na+]. The molecule has 0 spiro atoms. The Hall–Kier alpha value is -0.0300. The number of rotatable bonds is 3. The van der Waals surface area contributed by atoms with Gasteiger partial charge in [0.1, 0.15) is 12.4 Å². The molecule has 0 atom stereocenters. The fraction of sp³-hybridized carbons (Fsp3) is 0.125. The molecule has 0 unspecified atom stereocenters. The number of aliphatic carboxylic acids is 1. The average molecular weight is 253 g/mol. The smallest absolute Gasteiger partial charge is 0.546 e. The second kappa shape index (κ2) is 6.43. The van der Waals surface area contributed by atoms with Crippen LogP contribution in [0.4, 0.5) is 0 Å². The average Bonchev–Trinajstić information content (AvgIpc) is 2.01. The van der Waals surface area contributed by atoms with E-state index >= 15 is 0 Å². The molecule has 0 fully saturated rings. The number of benzene rings is 1. The first kappa shape index (κ1) is 13.0. The van der Waals surface area contributed by atoms with Gasteiger partial charge >= 0.3 is 29.6 Å². The fourth-order valence-electron chi connectivity index (χ4n) is 0.699. The molecule has 0 aliphatic rings. The molecule has 1 aromatic rings. The third kappa shape index (κ3) is 5.31. The van der Waals surface area contributed by atoms with Crippen LogP contribution in [0.1, 0.15) is 0 Å². The third-order valence-electron chi connectivity index (χ3n) is 1.15. The van der Waals surface area contributed by atoms with E-state index in [4.69, 9.17) is 4.74 Å². The van der Waals surface area contributed by atoms with Crippen LogP contribution in [0.3, 0.4) is 0 Å². The minimum Gasteiger partial charge on any atom is -0.546 e. The first-order valence-electron chi connectivity index (χ1n) is 3.26. The Labute approximate surface area is 107 Å². The van der Waals surface area contributed by atoms with Crippen molar-refractivity contribution < 1.29 is 44.2 Å². The first-order chi connectivity index (χ1) is 5.68. The molecule has 0 radical (unpaired) electrons. The Morgan fingerprint density at radius 2 is 2.23 bits per heavy atom. The summed E-state index contributed by atoms with van der Waals surface area (Å²) in [6.45, 7) is -0.420. The van der Waals surface area contributed by atoms with E-state index in [9.17, 15) is 9.90 Å². The van der Waals surface area contributed by atoms with E-state index in [-0.39, 0.29) is 29.6 Å². The van der Waals surface area contributed by atoms with Crippen molar-refractivity contribution in [2.75, 3.05) is 6.61 Å². The summed E-state index contributed by atoms with van der Waals surface area (Å²) in [6.07, 6.45) is 0. The Morgan fingerprint density at radius 1 is 1.54 bits per heavy atom. The molecule has 0 N–H and O–H groups in total. The molecule has 13 heavy (non-hydrogen) atoms. The van der Waals surface area contributed by atoms with E-state index in [0.29, 0.717) is 5.75 Å². The molecule has 0 aromatic heterocycles. The van der Waals surface area contributed by atoms with Crippen molar-refractivity contribution in [3.8, 4) is 5.75 Å². The molecule has 0 bridgehead atoms. The van der Waals surface area contributed by atoms with Gasteiger partial charge in [-0.05, 0) is 18.2 Å². The van der Waals surface area contributed by atoms with Gasteiger partial charge < -0.3 is 14.6 Å². The standard InChI is InChI=1S/C8H7BrO3.Na/c9-6-2-1-3-7(4-6)12-5-8(10)11;/h1-4H,5H2,(H,10,11);/q;+1/p-1. The van der Waals surface area contributed by atoms with E-state index < -0.39 is 12.6 Å². The molecule has 0 aliphatic carbocycles. The molecule has 3 nitrogen and oxygen atoms in total. The van der Waals surface area contributed by atoms with Crippen LogP contribution in [-0.4, -0.2) is 12.6 Å². The summed E-state index contributed by atoms with van der Waals surface area (Å²) >= 11 is 3.23. The summed E-state index contributed by atoms with van der Waals surface area (Å²) in [7, 11) is 0. The molecule has 0 heterocycles. The number of hydrogen-bond donors (Lipinski definition) is 0. The van der Waals surface area contributed by atoms with Gasteiger partial charge in [-0.25, -0.2) is 0 Å². The number of carboxylic acids is 1. The van der Waals surface area contributed by atoms with Gasteiger partial charge in [-0.2, -0.15) is 0 Å². The molecule has 5 heteroatoms. The second-order valence-corrected chi connectivity index (χ2v) is 3.03.